The number of amides is 1. The Morgan fingerprint density at radius 2 is 2.00 bits per heavy atom. The second-order valence-corrected chi connectivity index (χ2v) is 10.4. The van der Waals surface area contributed by atoms with Gasteiger partial charge in [-0.2, -0.15) is 0 Å². The van der Waals surface area contributed by atoms with Crippen LogP contribution in [0.15, 0.2) is 35.9 Å². The lowest BCUT2D eigenvalue weighted by atomic mass is 9.49. The highest BCUT2D eigenvalue weighted by Crippen LogP contribution is 2.59. The van der Waals surface area contributed by atoms with Crippen molar-refractivity contribution in [1.82, 2.24) is 25.0 Å². The molecule has 1 aromatic carbocycles. The summed E-state index contributed by atoms with van der Waals surface area (Å²) in [5.41, 5.74) is 2.92. The van der Waals surface area contributed by atoms with Crippen LogP contribution in [-0.2, 0) is 30.6 Å². The van der Waals surface area contributed by atoms with Gasteiger partial charge < -0.3 is 9.88 Å². The van der Waals surface area contributed by atoms with Crippen LogP contribution >= 0.6 is 0 Å². The zero-order valence-electron chi connectivity index (χ0n) is 19.7. The van der Waals surface area contributed by atoms with Gasteiger partial charge in [-0.3, -0.25) is 9.69 Å². The standard InChI is InChI=1S/C26H34FN5O/c1-26(2)20-6-5-19(22(26)16-20)17-31-12-10-24-30-29-23(32(24)14-13-31)9-11-28-25(33)15-18-3-7-21(27)8-4-18/h3-5,7-8,20,22H,6,9-17H2,1-2H3,(H,28,33)/t20-,22-/m0/s1. The Morgan fingerprint density at radius 1 is 1.18 bits per heavy atom. The quantitative estimate of drug-likeness (QED) is 0.657. The minimum atomic E-state index is -0.291. The molecule has 2 atom stereocenters. The maximum absolute atomic E-state index is 13.0. The highest BCUT2D eigenvalue weighted by atomic mass is 19.1. The molecule has 33 heavy (non-hydrogen) atoms. The second kappa shape index (κ2) is 9.01. The summed E-state index contributed by atoms with van der Waals surface area (Å²) < 4.78 is 15.3. The Kier molecular flexibility index (Phi) is 6.08. The first kappa shape index (κ1) is 22.3. The van der Waals surface area contributed by atoms with Crippen molar-refractivity contribution in [2.24, 2.45) is 17.3 Å². The molecule has 7 heteroatoms. The van der Waals surface area contributed by atoms with Gasteiger partial charge in [0.15, 0.2) is 0 Å². The molecule has 1 N–H and O–H groups in total. The fourth-order valence-corrected chi connectivity index (χ4v) is 5.85. The van der Waals surface area contributed by atoms with Crippen molar-refractivity contribution in [2.75, 3.05) is 26.2 Å². The number of benzene rings is 1. The van der Waals surface area contributed by atoms with Gasteiger partial charge in [-0.15, -0.1) is 10.2 Å². The number of allylic oxidation sites excluding steroid dienone is 1. The minimum Gasteiger partial charge on any atom is -0.355 e. The summed E-state index contributed by atoms with van der Waals surface area (Å²) >= 11 is 0. The number of nitrogens with zero attached hydrogens (tertiary/aromatic N) is 4. The van der Waals surface area contributed by atoms with Crippen LogP contribution < -0.4 is 5.32 Å². The molecule has 1 aliphatic heterocycles. The van der Waals surface area contributed by atoms with Crippen LogP contribution in [0.3, 0.4) is 0 Å². The predicted molar refractivity (Wildman–Crippen MR) is 125 cm³/mol. The molecule has 4 aliphatic rings. The smallest absolute Gasteiger partial charge is 0.224 e. The van der Waals surface area contributed by atoms with Gasteiger partial charge in [-0.1, -0.05) is 37.6 Å². The number of rotatable bonds is 7. The predicted octanol–water partition coefficient (Wildman–Crippen LogP) is 3.17. The van der Waals surface area contributed by atoms with Crippen molar-refractivity contribution in [2.45, 2.75) is 52.5 Å². The first-order valence-electron chi connectivity index (χ1n) is 12.2. The number of aromatic nitrogens is 3. The van der Waals surface area contributed by atoms with Crippen molar-refractivity contribution < 1.29 is 9.18 Å². The minimum absolute atomic E-state index is 0.0645. The molecule has 6 nitrogen and oxygen atoms in total. The molecule has 2 bridgehead atoms. The van der Waals surface area contributed by atoms with E-state index in [0.29, 0.717) is 18.4 Å². The molecular weight excluding hydrogens is 417 g/mol. The molecule has 1 aromatic heterocycles. The van der Waals surface area contributed by atoms with Gasteiger partial charge in [0.2, 0.25) is 5.91 Å². The molecule has 3 aliphatic carbocycles. The van der Waals surface area contributed by atoms with Gasteiger partial charge in [-0.05, 0) is 47.8 Å². The Balaban J connectivity index is 1.11. The Bertz CT molecular complexity index is 1040. The summed E-state index contributed by atoms with van der Waals surface area (Å²) in [5, 5.41) is 11.8. The summed E-state index contributed by atoms with van der Waals surface area (Å²) in [6.45, 7) is 9.38. The fraction of sp³-hybridized carbons (Fsp3) is 0.577. The molecule has 1 fully saturated rings. The number of hydrogen-bond donors (Lipinski definition) is 1. The van der Waals surface area contributed by atoms with Gasteiger partial charge in [0.05, 0.1) is 6.42 Å². The molecule has 2 aromatic rings. The lowest BCUT2D eigenvalue weighted by molar-refractivity contribution is -0.120. The van der Waals surface area contributed by atoms with Crippen molar-refractivity contribution in [3.63, 3.8) is 0 Å². The monoisotopic (exact) mass is 451 g/mol. The number of nitrogens with one attached hydrogen (secondary N) is 1. The van der Waals surface area contributed by atoms with E-state index in [4.69, 9.17) is 0 Å². The number of halogens is 1. The molecule has 2 heterocycles. The Morgan fingerprint density at radius 3 is 2.76 bits per heavy atom. The second-order valence-electron chi connectivity index (χ2n) is 10.4. The molecule has 176 valence electrons. The van der Waals surface area contributed by atoms with E-state index in [9.17, 15) is 9.18 Å². The van der Waals surface area contributed by atoms with E-state index in [0.717, 1.165) is 61.6 Å². The van der Waals surface area contributed by atoms with E-state index < -0.39 is 0 Å². The van der Waals surface area contributed by atoms with Crippen molar-refractivity contribution in [3.05, 3.63) is 58.9 Å². The normalized spacial score (nSPS) is 23.8. The van der Waals surface area contributed by atoms with Crippen molar-refractivity contribution >= 4 is 5.91 Å². The first-order chi connectivity index (χ1) is 15.9. The van der Waals surface area contributed by atoms with Crippen LogP contribution in [0, 0.1) is 23.1 Å². The molecule has 0 saturated heterocycles. The topological polar surface area (TPSA) is 63.1 Å². The Labute approximate surface area is 195 Å². The van der Waals surface area contributed by atoms with Crippen molar-refractivity contribution in [3.8, 4) is 0 Å². The zero-order valence-corrected chi connectivity index (χ0v) is 19.7. The van der Waals surface area contributed by atoms with Crippen LogP contribution in [-0.4, -0.2) is 51.8 Å². The molecule has 0 spiro atoms. The SMILES string of the molecule is CC1(C)[C@H]2CC=C(CN3CCc4nnc(CCNC(=O)Cc5ccc(F)cc5)n4CC3)[C@@H]1C2. The average molecular weight is 452 g/mol. The lowest BCUT2D eigenvalue weighted by Crippen LogP contribution is -2.50. The summed E-state index contributed by atoms with van der Waals surface area (Å²) in [4.78, 5) is 14.8. The number of carbonyl (C=O) groups is 1. The van der Waals surface area contributed by atoms with E-state index in [2.05, 4.69) is 44.9 Å². The number of hydrogen-bond acceptors (Lipinski definition) is 4. The highest BCUT2D eigenvalue weighted by Gasteiger charge is 2.51. The fourth-order valence-electron chi connectivity index (χ4n) is 5.85. The third-order valence-electron chi connectivity index (χ3n) is 8.13. The summed E-state index contributed by atoms with van der Waals surface area (Å²) in [7, 11) is 0. The molecule has 0 radical (unpaired) electrons. The van der Waals surface area contributed by atoms with Crippen LogP contribution in [0.25, 0.3) is 0 Å². The first-order valence-corrected chi connectivity index (χ1v) is 12.2. The molecule has 1 amide bonds. The van der Waals surface area contributed by atoms with E-state index >= 15 is 0 Å². The van der Waals surface area contributed by atoms with Gasteiger partial charge in [0.25, 0.3) is 0 Å². The molecule has 0 unspecified atom stereocenters. The third kappa shape index (κ3) is 4.60. The number of fused-ring (bicyclic) bond motifs is 2. The summed E-state index contributed by atoms with van der Waals surface area (Å²) in [6, 6.07) is 6.05. The average Bonchev–Trinajstić information content (AvgIpc) is 3.07. The lowest BCUT2D eigenvalue weighted by Gasteiger charge is -2.57. The molecule has 1 saturated carbocycles. The number of carbonyl (C=O) groups excluding carboxylic acids is 1. The highest BCUT2D eigenvalue weighted by molar-refractivity contribution is 5.78. The molecular formula is C26H34FN5O. The van der Waals surface area contributed by atoms with Crippen LogP contribution in [0.5, 0.6) is 0 Å². The van der Waals surface area contributed by atoms with Crippen LogP contribution in [0.1, 0.15) is 43.9 Å². The summed E-state index contributed by atoms with van der Waals surface area (Å²) in [6.07, 6.45) is 6.94. The molecule has 6 rings (SSSR count). The van der Waals surface area contributed by atoms with E-state index in [1.165, 1.54) is 25.0 Å². The zero-order chi connectivity index (χ0) is 23.0. The van der Waals surface area contributed by atoms with Gasteiger partial charge in [0.1, 0.15) is 17.5 Å². The van der Waals surface area contributed by atoms with Crippen LogP contribution in [0.4, 0.5) is 4.39 Å². The summed E-state index contributed by atoms with van der Waals surface area (Å²) in [5.74, 6) is 3.27. The largest absolute Gasteiger partial charge is 0.355 e. The van der Waals surface area contributed by atoms with E-state index in [1.54, 1.807) is 17.7 Å². The van der Waals surface area contributed by atoms with Gasteiger partial charge in [0, 0.05) is 45.6 Å². The third-order valence-corrected chi connectivity index (χ3v) is 8.13. The Hall–Kier alpha value is -2.54. The maximum atomic E-state index is 13.0. The maximum Gasteiger partial charge on any atom is 0.224 e. The van der Waals surface area contributed by atoms with E-state index in [1.807, 2.05) is 0 Å². The van der Waals surface area contributed by atoms with Crippen molar-refractivity contribution in [1.29, 1.82) is 0 Å². The van der Waals surface area contributed by atoms with Gasteiger partial charge in [-0.25, -0.2) is 4.39 Å². The van der Waals surface area contributed by atoms with Crippen LogP contribution in [0.2, 0.25) is 0 Å². The van der Waals surface area contributed by atoms with Gasteiger partial charge >= 0.3 is 0 Å². The van der Waals surface area contributed by atoms with E-state index in [-0.39, 0.29) is 18.1 Å².